The van der Waals surface area contributed by atoms with Crippen LogP contribution in [0.5, 0.6) is 0 Å². The van der Waals surface area contributed by atoms with Crippen molar-refractivity contribution in [3.05, 3.63) is 35.4 Å². The predicted octanol–water partition coefficient (Wildman–Crippen LogP) is 2.36. The molecule has 2 rings (SSSR count). The largest absolute Gasteiger partial charge is 0.467 e. The summed E-state index contributed by atoms with van der Waals surface area (Å²) in [6, 6.07) is 7.80. The smallest absolute Gasteiger partial charge is 0.338 e. The van der Waals surface area contributed by atoms with Gasteiger partial charge < -0.3 is 14.2 Å². The van der Waals surface area contributed by atoms with Crippen LogP contribution in [-0.2, 0) is 19.0 Å². The van der Waals surface area contributed by atoms with Crippen LogP contribution in [0.25, 0.3) is 0 Å². The zero-order valence-electron chi connectivity index (χ0n) is 11.1. The van der Waals surface area contributed by atoms with Crippen molar-refractivity contribution in [2.75, 3.05) is 7.11 Å². The van der Waals surface area contributed by atoms with Gasteiger partial charge in [0.05, 0.1) is 7.11 Å². The first-order valence-electron chi connectivity index (χ1n) is 5.93. The van der Waals surface area contributed by atoms with Crippen LogP contribution in [0, 0.1) is 6.92 Å². The Morgan fingerprint density at radius 1 is 1.28 bits per heavy atom. The highest BCUT2D eigenvalue weighted by atomic mass is 16.8. The molecule has 0 saturated carbocycles. The third kappa shape index (κ3) is 2.40. The fraction of sp³-hybridized carbons (Fsp3) is 0.500. The van der Waals surface area contributed by atoms with Crippen LogP contribution in [0.2, 0.25) is 0 Å². The molecule has 0 aliphatic carbocycles. The Kier molecular flexibility index (Phi) is 3.41. The van der Waals surface area contributed by atoms with Crippen LogP contribution in [-0.4, -0.2) is 25.0 Å². The molecule has 0 aromatic heterocycles. The van der Waals surface area contributed by atoms with E-state index in [0.717, 1.165) is 11.1 Å². The van der Waals surface area contributed by atoms with Crippen LogP contribution in [0.4, 0.5) is 0 Å². The molecule has 0 unspecified atom stereocenters. The van der Waals surface area contributed by atoms with Crippen molar-refractivity contribution < 1.29 is 19.0 Å². The normalized spacial score (nSPS) is 26.0. The number of ether oxygens (including phenoxy) is 3. The van der Waals surface area contributed by atoms with E-state index in [1.165, 1.54) is 7.11 Å². The van der Waals surface area contributed by atoms with Crippen molar-refractivity contribution in [3.63, 3.8) is 0 Å². The second-order valence-corrected chi connectivity index (χ2v) is 4.86. The van der Waals surface area contributed by atoms with E-state index in [1.54, 1.807) is 13.8 Å². The van der Waals surface area contributed by atoms with Gasteiger partial charge in [-0.1, -0.05) is 24.3 Å². The minimum absolute atomic E-state index is 0.408. The lowest BCUT2D eigenvalue weighted by Crippen LogP contribution is -2.29. The van der Waals surface area contributed by atoms with Gasteiger partial charge in [0, 0.05) is 0 Å². The lowest BCUT2D eigenvalue weighted by atomic mass is 10.00. The average molecular weight is 250 g/mol. The number of rotatable bonds is 2. The molecule has 1 aromatic carbocycles. The minimum Gasteiger partial charge on any atom is -0.467 e. The molecular weight excluding hydrogens is 232 g/mol. The van der Waals surface area contributed by atoms with E-state index in [1.807, 2.05) is 31.2 Å². The molecule has 0 spiro atoms. The lowest BCUT2D eigenvalue weighted by molar-refractivity contribution is -0.168. The molecule has 0 radical (unpaired) electrons. The number of aryl methyl sites for hydroxylation is 1. The molecule has 0 bridgehead atoms. The van der Waals surface area contributed by atoms with Gasteiger partial charge in [-0.2, -0.15) is 0 Å². The van der Waals surface area contributed by atoms with E-state index in [4.69, 9.17) is 14.2 Å². The first kappa shape index (κ1) is 13.1. The number of benzene rings is 1. The Labute approximate surface area is 107 Å². The molecule has 98 valence electrons. The molecule has 4 nitrogen and oxygen atoms in total. The van der Waals surface area contributed by atoms with E-state index in [9.17, 15) is 4.79 Å². The van der Waals surface area contributed by atoms with Crippen molar-refractivity contribution in [2.24, 2.45) is 0 Å². The summed E-state index contributed by atoms with van der Waals surface area (Å²) in [6.45, 7) is 5.57. The van der Waals surface area contributed by atoms with E-state index >= 15 is 0 Å². The van der Waals surface area contributed by atoms with Gasteiger partial charge in [-0.05, 0) is 31.9 Å². The van der Waals surface area contributed by atoms with Gasteiger partial charge in [0.2, 0.25) is 0 Å². The number of carbonyl (C=O) groups excluding carboxylic acids is 1. The van der Waals surface area contributed by atoms with Crippen LogP contribution in [0.3, 0.4) is 0 Å². The Hall–Kier alpha value is -1.39. The molecular formula is C14H18O4. The summed E-state index contributed by atoms with van der Waals surface area (Å²) in [5, 5.41) is 0. The van der Waals surface area contributed by atoms with Crippen LogP contribution in [0.15, 0.2) is 24.3 Å². The number of esters is 1. The van der Waals surface area contributed by atoms with E-state index in [2.05, 4.69) is 0 Å². The molecule has 1 aliphatic heterocycles. The fourth-order valence-corrected chi connectivity index (χ4v) is 2.18. The molecule has 1 aliphatic rings. The second-order valence-electron chi connectivity index (χ2n) is 4.86. The number of carbonyl (C=O) groups is 1. The zero-order valence-corrected chi connectivity index (χ0v) is 11.1. The maximum absolute atomic E-state index is 11.8. The van der Waals surface area contributed by atoms with Crippen LogP contribution in [0.1, 0.15) is 31.1 Å². The number of hydrogen-bond acceptors (Lipinski definition) is 4. The molecule has 1 aromatic rings. The topological polar surface area (TPSA) is 44.8 Å². The van der Waals surface area contributed by atoms with Crippen molar-refractivity contribution >= 4 is 5.97 Å². The Bertz CT molecular complexity index is 453. The molecule has 2 atom stereocenters. The summed E-state index contributed by atoms with van der Waals surface area (Å²) in [6.07, 6.45) is -1.14. The zero-order chi connectivity index (χ0) is 13.3. The molecule has 18 heavy (non-hydrogen) atoms. The Morgan fingerprint density at radius 2 is 1.94 bits per heavy atom. The van der Waals surface area contributed by atoms with Gasteiger partial charge in [0.25, 0.3) is 0 Å². The third-order valence-corrected chi connectivity index (χ3v) is 3.03. The van der Waals surface area contributed by atoms with Crippen molar-refractivity contribution in [2.45, 2.75) is 38.8 Å². The Balaban J connectivity index is 2.35. The number of methoxy groups -OCH3 is 1. The van der Waals surface area contributed by atoms with Crippen molar-refractivity contribution in [1.29, 1.82) is 0 Å². The van der Waals surface area contributed by atoms with Gasteiger partial charge in [-0.3, -0.25) is 0 Å². The number of hydrogen-bond donors (Lipinski definition) is 0. The third-order valence-electron chi connectivity index (χ3n) is 3.03. The first-order valence-corrected chi connectivity index (χ1v) is 5.93. The van der Waals surface area contributed by atoms with Crippen LogP contribution >= 0.6 is 0 Å². The van der Waals surface area contributed by atoms with Crippen molar-refractivity contribution in [1.82, 2.24) is 0 Å². The van der Waals surface area contributed by atoms with Crippen LogP contribution < -0.4 is 0 Å². The molecule has 1 heterocycles. The molecule has 0 amide bonds. The summed E-state index contributed by atoms with van der Waals surface area (Å²) in [4.78, 5) is 11.8. The maximum atomic E-state index is 11.8. The summed E-state index contributed by atoms with van der Waals surface area (Å²) in [7, 11) is 1.35. The summed E-state index contributed by atoms with van der Waals surface area (Å²) < 4.78 is 16.2. The summed E-state index contributed by atoms with van der Waals surface area (Å²) in [5.41, 5.74) is 2.02. The monoisotopic (exact) mass is 250 g/mol. The quantitative estimate of drug-likeness (QED) is 0.756. The SMILES string of the molecule is COC(=O)[C@H]1OC(C)(C)O[C@@H]1c1ccccc1C. The highest BCUT2D eigenvalue weighted by Crippen LogP contribution is 2.39. The highest BCUT2D eigenvalue weighted by Gasteiger charge is 2.46. The van der Waals surface area contributed by atoms with Gasteiger partial charge in [0.1, 0.15) is 6.10 Å². The van der Waals surface area contributed by atoms with Gasteiger partial charge in [-0.15, -0.1) is 0 Å². The van der Waals surface area contributed by atoms with E-state index in [-0.39, 0.29) is 0 Å². The van der Waals surface area contributed by atoms with Gasteiger partial charge >= 0.3 is 5.97 Å². The van der Waals surface area contributed by atoms with Gasteiger partial charge in [-0.25, -0.2) is 4.79 Å². The average Bonchev–Trinajstić information content (AvgIpc) is 2.65. The maximum Gasteiger partial charge on any atom is 0.338 e. The first-order chi connectivity index (χ1) is 8.44. The molecule has 1 saturated heterocycles. The lowest BCUT2D eigenvalue weighted by Gasteiger charge is -2.18. The standard InChI is InChI=1S/C14H18O4/c1-9-7-5-6-8-10(9)11-12(13(15)16-4)18-14(2,3)17-11/h5-8,11-12H,1-4H3/t11-,12+/m1/s1. The van der Waals surface area contributed by atoms with Crippen molar-refractivity contribution in [3.8, 4) is 0 Å². The van der Waals surface area contributed by atoms with E-state index < -0.39 is 24.0 Å². The summed E-state index contributed by atoms with van der Waals surface area (Å²) in [5.74, 6) is -1.19. The highest BCUT2D eigenvalue weighted by molar-refractivity contribution is 5.76. The van der Waals surface area contributed by atoms with Gasteiger partial charge in [0.15, 0.2) is 11.9 Å². The predicted molar refractivity (Wildman–Crippen MR) is 66.0 cm³/mol. The minimum atomic E-state index is -0.786. The second kappa shape index (κ2) is 4.71. The summed E-state index contributed by atoms with van der Waals surface area (Å²) >= 11 is 0. The molecule has 4 heteroatoms. The molecule has 0 N–H and O–H groups in total. The Morgan fingerprint density at radius 3 is 2.56 bits per heavy atom. The molecule has 1 fully saturated rings. The van der Waals surface area contributed by atoms with E-state index in [0.29, 0.717) is 0 Å². The fourth-order valence-electron chi connectivity index (χ4n) is 2.18.